The Morgan fingerprint density at radius 1 is 0.964 bits per heavy atom. The van der Waals surface area contributed by atoms with Gasteiger partial charge in [0.05, 0.1) is 19.9 Å². The minimum absolute atomic E-state index is 0.166. The molecule has 0 fully saturated rings. The third kappa shape index (κ3) is 3.89. The first-order valence-electron chi connectivity index (χ1n) is 8.99. The number of rotatable bonds is 4. The van der Waals surface area contributed by atoms with Crippen molar-refractivity contribution in [3.8, 4) is 11.5 Å². The zero-order chi connectivity index (χ0) is 19.5. The first-order chi connectivity index (χ1) is 13.7. The molecule has 0 spiro atoms. The number of para-hydroxylation sites is 1. The average molecular weight is 410 g/mol. The Kier molecular flexibility index (Phi) is 5.60. The van der Waals surface area contributed by atoms with E-state index in [9.17, 15) is 0 Å². The zero-order valence-corrected chi connectivity index (χ0v) is 17.3. The van der Waals surface area contributed by atoms with E-state index in [2.05, 4.69) is 24.3 Å². The highest BCUT2D eigenvalue weighted by Gasteiger charge is 2.25. The molecule has 1 aliphatic rings. The van der Waals surface area contributed by atoms with Crippen LogP contribution in [0.2, 0.25) is 5.02 Å². The standard InChI is InChI=1S/C23H20ClNO2S/c1-26-17-11-12-18(21(13-17)27-2)23-14-20(15-7-9-16(24)10-8-15)25-19-5-3-4-6-22(19)28-23/h3-13,23H,14H2,1-2H3. The molecule has 0 bridgehead atoms. The summed E-state index contributed by atoms with van der Waals surface area (Å²) in [6.07, 6.45) is 0.781. The highest BCUT2D eigenvalue weighted by molar-refractivity contribution is 7.99. The molecule has 3 aromatic rings. The molecule has 3 aromatic carbocycles. The predicted molar refractivity (Wildman–Crippen MR) is 117 cm³/mol. The molecule has 0 aromatic heterocycles. The molecule has 5 heteroatoms. The van der Waals surface area contributed by atoms with Gasteiger partial charge in [-0.2, -0.15) is 0 Å². The molecule has 1 heterocycles. The molecule has 1 unspecified atom stereocenters. The van der Waals surface area contributed by atoms with Gasteiger partial charge in [0.2, 0.25) is 0 Å². The average Bonchev–Trinajstić information content (AvgIpc) is 2.93. The van der Waals surface area contributed by atoms with Gasteiger partial charge in [-0.3, -0.25) is 4.99 Å². The van der Waals surface area contributed by atoms with Crippen molar-refractivity contribution in [1.82, 2.24) is 0 Å². The molecule has 28 heavy (non-hydrogen) atoms. The molecule has 1 atom stereocenters. The summed E-state index contributed by atoms with van der Waals surface area (Å²) in [5.74, 6) is 1.61. The number of thioether (sulfide) groups is 1. The van der Waals surface area contributed by atoms with E-state index < -0.39 is 0 Å². The van der Waals surface area contributed by atoms with E-state index in [1.807, 2.05) is 54.2 Å². The lowest BCUT2D eigenvalue weighted by Crippen LogP contribution is -2.06. The quantitative estimate of drug-likeness (QED) is 0.479. The number of benzene rings is 3. The van der Waals surface area contributed by atoms with Crippen molar-refractivity contribution in [2.75, 3.05) is 14.2 Å². The first kappa shape index (κ1) is 18.9. The fraction of sp³-hybridized carbons (Fsp3) is 0.174. The molecule has 4 rings (SSSR count). The molecule has 0 saturated heterocycles. The Balaban J connectivity index is 1.80. The van der Waals surface area contributed by atoms with E-state index >= 15 is 0 Å². The van der Waals surface area contributed by atoms with Gasteiger partial charge in [0.1, 0.15) is 11.5 Å². The van der Waals surface area contributed by atoms with Gasteiger partial charge in [-0.25, -0.2) is 0 Å². The van der Waals surface area contributed by atoms with Crippen molar-refractivity contribution in [1.29, 1.82) is 0 Å². The summed E-state index contributed by atoms with van der Waals surface area (Å²) in [5.41, 5.74) is 4.25. The Hall–Kier alpha value is -2.43. The normalized spacial score (nSPS) is 16.0. The van der Waals surface area contributed by atoms with Crippen LogP contribution in [0.15, 0.2) is 76.6 Å². The highest BCUT2D eigenvalue weighted by Crippen LogP contribution is 2.48. The van der Waals surface area contributed by atoms with E-state index in [1.165, 1.54) is 0 Å². The lowest BCUT2D eigenvalue weighted by molar-refractivity contribution is 0.391. The van der Waals surface area contributed by atoms with Gasteiger partial charge in [-0.1, -0.05) is 41.9 Å². The van der Waals surface area contributed by atoms with Crippen LogP contribution in [0.3, 0.4) is 0 Å². The summed E-state index contributed by atoms with van der Waals surface area (Å²) in [7, 11) is 3.36. The molecule has 0 aliphatic carbocycles. The predicted octanol–water partition coefficient (Wildman–Crippen LogP) is 6.72. The highest BCUT2D eigenvalue weighted by atomic mass is 35.5. The van der Waals surface area contributed by atoms with Crippen LogP contribution in [0.4, 0.5) is 5.69 Å². The Morgan fingerprint density at radius 2 is 1.75 bits per heavy atom. The molecular formula is C23H20ClNO2S. The maximum Gasteiger partial charge on any atom is 0.126 e. The Labute approximate surface area is 174 Å². The summed E-state index contributed by atoms with van der Waals surface area (Å²) < 4.78 is 11.0. The topological polar surface area (TPSA) is 30.8 Å². The summed E-state index contributed by atoms with van der Waals surface area (Å²) >= 11 is 7.90. The number of ether oxygens (including phenoxy) is 2. The van der Waals surface area contributed by atoms with Crippen LogP contribution in [-0.2, 0) is 0 Å². The van der Waals surface area contributed by atoms with E-state index in [-0.39, 0.29) is 5.25 Å². The third-order valence-corrected chi connectivity index (χ3v) is 6.29. The van der Waals surface area contributed by atoms with Gasteiger partial charge in [0.15, 0.2) is 0 Å². The SMILES string of the molecule is COc1ccc(C2CC(c3ccc(Cl)cc3)=Nc3ccccc3S2)c(OC)c1. The smallest absolute Gasteiger partial charge is 0.126 e. The molecule has 3 nitrogen and oxygen atoms in total. The van der Waals surface area contributed by atoms with Gasteiger partial charge >= 0.3 is 0 Å². The number of methoxy groups -OCH3 is 2. The van der Waals surface area contributed by atoms with Crippen LogP contribution in [-0.4, -0.2) is 19.9 Å². The second-order valence-electron chi connectivity index (χ2n) is 6.45. The van der Waals surface area contributed by atoms with Crippen LogP contribution in [0.5, 0.6) is 11.5 Å². The molecule has 0 radical (unpaired) electrons. The number of aliphatic imine (C=N–C) groups is 1. The number of nitrogens with zero attached hydrogens (tertiary/aromatic N) is 1. The maximum absolute atomic E-state index is 6.08. The maximum atomic E-state index is 6.08. The Morgan fingerprint density at radius 3 is 2.50 bits per heavy atom. The van der Waals surface area contributed by atoms with Crippen LogP contribution in [0.1, 0.15) is 22.8 Å². The van der Waals surface area contributed by atoms with Crippen molar-refractivity contribution in [3.63, 3.8) is 0 Å². The van der Waals surface area contributed by atoms with E-state index in [1.54, 1.807) is 14.2 Å². The van der Waals surface area contributed by atoms with Crippen LogP contribution >= 0.6 is 23.4 Å². The monoisotopic (exact) mass is 409 g/mol. The van der Waals surface area contributed by atoms with E-state index in [0.29, 0.717) is 0 Å². The van der Waals surface area contributed by atoms with Gasteiger partial charge < -0.3 is 9.47 Å². The summed E-state index contributed by atoms with van der Waals surface area (Å²) in [6, 6.07) is 22.1. The van der Waals surface area contributed by atoms with Crippen molar-refractivity contribution < 1.29 is 9.47 Å². The van der Waals surface area contributed by atoms with Crippen molar-refractivity contribution in [3.05, 3.63) is 82.9 Å². The third-order valence-electron chi connectivity index (χ3n) is 4.73. The zero-order valence-electron chi connectivity index (χ0n) is 15.7. The first-order valence-corrected chi connectivity index (χ1v) is 10.2. The van der Waals surface area contributed by atoms with E-state index in [4.69, 9.17) is 26.1 Å². The fourth-order valence-corrected chi connectivity index (χ4v) is 4.68. The molecule has 0 saturated carbocycles. The van der Waals surface area contributed by atoms with E-state index in [0.717, 1.165) is 50.4 Å². The lowest BCUT2D eigenvalue weighted by atomic mass is 10.0. The second-order valence-corrected chi connectivity index (χ2v) is 8.13. The number of hydrogen-bond acceptors (Lipinski definition) is 4. The van der Waals surface area contributed by atoms with Crippen LogP contribution < -0.4 is 9.47 Å². The fourth-order valence-electron chi connectivity index (χ4n) is 3.29. The largest absolute Gasteiger partial charge is 0.497 e. The summed E-state index contributed by atoms with van der Waals surface area (Å²) in [4.78, 5) is 6.15. The number of fused-ring (bicyclic) bond motifs is 1. The van der Waals surface area contributed by atoms with Crippen LogP contribution in [0, 0.1) is 0 Å². The summed E-state index contributed by atoms with van der Waals surface area (Å²) in [5, 5.41) is 0.889. The van der Waals surface area contributed by atoms with Crippen LogP contribution in [0.25, 0.3) is 0 Å². The molecule has 1 aliphatic heterocycles. The van der Waals surface area contributed by atoms with Gasteiger partial charge in [0, 0.05) is 38.9 Å². The van der Waals surface area contributed by atoms with Gasteiger partial charge in [-0.15, -0.1) is 11.8 Å². The van der Waals surface area contributed by atoms with Crippen molar-refractivity contribution in [2.45, 2.75) is 16.6 Å². The van der Waals surface area contributed by atoms with Gasteiger partial charge in [-0.05, 0) is 35.9 Å². The molecule has 142 valence electrons. The minimum atomic E-state index is 0.166. The minimum Gasteiger partial charge on any atom is -0.497 e. The number of hydrogen-bond donors (Lipinski definition) is 0. The molecule has 0 N–H and O–H groups in total. The second kappa shape index (κ2) is 8.29. The Bertz CT molecular complexity index is 1020. The summed E-state index contributed by atoms with van der Waals surface area (Å²) in [6.45, 7) is 0. The lowest BCUT2D eigenvalue weighted by Gasteiger charge is -2.19. The van der Waals surface area contributed by atoms with Crippen molar-refractivity contribution >= 4 is 34.8 Å². The molecule has 0 amide bonds. The molecular weight excluding hydrogens is 390 g/mol. The number of halogens is 1. The van der Waals surface area contributed by atoms with Crippen molar-refractivity contribution in [2.24, 2.45) is 4.99 Å². The van der Waals surface area contributed by atoms with Gasteiger partial charge in [0.25, 0.3) is 0 Å².